The van der Waals surface area contributed by atoms with Gasteiger partial charge in [-0.15, -0.1) is 0 Å². The van der Waals surface area contributed by atoms with Gasteiger partial charge >= 0.3 is 0 Å². The Bertz CT molecular complexity index is 379. The van der Waals surface area contributed by atoms with Gasteiger partial charge < -0.3 is 10.6 Å². The first-order chi connectivity index (χ1) is 6.43. The maximum Gasteiger partial charge on any atom is 0.293 e. The van der Waals surface area contributed by atoms with Gasteiger partial charge in [0.2, 0.25) is 0 Å². The van der Waals surface area contributed by atoms with Crippen LogP contribution in [0.1, 0.15) is 0 Å². The minimum Gasteiger partial charge on any atom is -0.393 e. The Morgan fingerprint density at radius 3 is 2.50 bits per heavy atom. The largest absolute Gasteiger partial charge is 0.393 e. The number of benzene rings is 1. The van der Waals surface area contributed by atoms with Crippen LogP contribution in [0.4, 0.5) is 17.1 Å². The van der Waals surface area contributed by atoms with E-state index in [-0.39, 0.29) is 11.4 Å². The predicted molar refractivity (Wildman–Crippen MR) is 56.8 cm³/mol. The topological polar surface area (TPSA) is 72.4 Å². The molecular weight excluding hydrogens is 206 g/mol. The summed E-state index contributed by atoms with van der Waals surface area (Å²) in [7, 11) is 3.57. The highest BCUT2D eigenvalue weighted by Gasteiger charge is 2.15. The highest BCUT2D eigenvalue weighted by molar-refractivity contribution is 6.33. The Labute approximate surface area is 86.2 Å². The number of rotatable bonds is 2. The van der Waals surface area contributed by atoms with Gasteiger partial charge in [0.15, 0.2) is 0 Å². The van der Waals surface area contributed by atoms with E-state index >= 15 is 0 Å². The normalized spacial score (nSPS) is 9.93. The third-order valence-electron chi connectivity index (χ3n) is 1.77. The highest BCUT2D eigenvalue weighted by Crippen LogP contribution is 2.33. The van der Waals surface area contributed by atoms with Crippen molar-refractivity contribution in [2.45, 2.75) is 0 Å². The quantitative estimate of drug-likeness (QED) is 0.465. The number of hydrogen-bond acceptors (Lipinski definition) is 4. The van der Waals surface area contributed by atoms with Crippen LogP contribution >= 0.6 is 11.6 Å². The number of hydrogen-bond donors (Lipinski definition) is 1. The SMILES string of the molecule is CN(C)c1cc(N)c([N+](=O)[O-])cc1Cl. The summed E-state index contributed by atoms with van der Waals surface area (Å²) in [6.07, 6.45) is 0. The second-order valence-corrected chi connectivity index (χ2v) is 3.42. The van der Waals surface area contributed by atoms with Crippen molar-refractivity contribution >= 4 is 28.7 Å². The van der Waals surface area contributed by atoms with E-state index in [1.807, 2.05) is 0 Å². The third kappa shape index (κ3) is 1.88. The lowest BCUT2D eigenvalue weighted by atomic mass is 10.2. The van der Waals surface area contributed by atoms with E-state index in [1.165, 1.54) is 12.1 Å². The van der Waals surface area contributed by atoms with Crippen LogP contribution in [0.5, 0.6) is 0 Å². The van der Waals surface area contributed by atoms with Crippen LogP contribution in [0.2, 0.25) is 5.02 Å². The zero-order valence-corrected chi connectivity index (χ0v) is 8.58. The Hall–Kier alpha value is -1.49. The summed E-state index contributed by atoms with van der Waals surface area (Å²) in [4.78, 5) is 11.7. The van der Waals surface area contributed by atoms with Crippen molar-refractivity contribution in [1.29, 1.82) is 0 Å². The molecule has 14 heavy (non-hydrogen) atoms. The molecule has 0 heterocycles. The second-order valence-electron chi connectivity index (χ2n) is 3.01. The molecule has 0 aliphatic heterocycles. The van der Waals surface area contributed by atoms with Gasteiger partial charge in [-0.1, -0.05) is 11.6 Å². The fraction of sp³-hybridized carbons (Fsp3) is 0.250. The van der Waals surface area contributed by atoms with Crippen LogP contribution in [0, 0.1) is 10.1 Å². The van der Waals surface area contributed by atoms with Crippen LogP contribution in [0.25, 0.3) is 0 Å². The number of nitro benzene ring substituents is 1. The summed E-state index contributed by atoms with van der Waals surface area (Å²) < 4.78 is 0. The molecule has 0 radical (unpaired) electrons. The molecule has 0 aromatic heterocycles. The molecular formula is C8H10ClN3O2. The minimum atomic E-state index is -0.555. The Morgan fingerprint density at radius 2 is 2.07 bits per heavy atom. The molecule has 0 aliphatic rings. The molecule has 2 N–H and O–H groups in total. The lowest BCUT2D eigenvalue weighted by Gasteiger charge is -2.14. The number of nitrogens with two attached hydrogens (primary N) is 1. The maximum absolute atomic E-state index is 10.5. The fourth-order valence-corrected chi connectivity index (χ4v) is 1.40. The molecule has 0 saturated heterocycles. The first-order valence-electron chi connectivity index (χ1n) is 3.84. The van der Waals surface area contributed by atoms with Gasteiger partial charge in [0.05, 0.1) is 15.6 Å². The van der Waals surface area contributed by atoms with Crippen molar-refractivity contribution in [3.05, 3.63) is 27.3 Å². The molecule has 0 amide bonds. The molecule has 6 heteroatoms. The summed E-state index contributed by atoms with van der Waals surface area (Å²) in [6, 6.07) is 2.74. The zero-order chi connectivity index (χ0) is 10.9. The third-order valence-corrected chi connectivity index (χ3v) is 2.08. The van der Waals surface area contributed by atoms with Crippen LogP contribution in [0.3, 0.4) is 0 Å². The number of nitro groups is 1. The average molecular weight is 216 g/mol. The fourth-order valence-electron chi connectivity index (χ4n) is 1.07. The smallest absolute Gasteiger partial charge is 0.293 e. The lowest BCUT2D eigenvalue weighted by molar-refractivity contribution is -0.383. The second kappa shape index (κ2) is 3.71. The van der Waals surface area contributed by atoms with Crippen LogP contribution < -0.4 is 10.6 Å². The molecule has 1 aromatic rings. The molecule has 1 aromatic carbocycles. The van der Waals surface area contributed by atoms with Gasteiger partial charge in [0, 0.05) is 20.2 Å². The van der Waals surface area contributed by atoms with Crippen molar-refractivity contribution in [3.63, 3.8) is 0 Å². The molecule has 0 bridgehead atoms. The average Bonchev–Trinajstić information content (AvgIpc) is 2.07. The highest BCUT2D eigenvalue weighted by atomic mass is 35.5. The van der Waals surface area contributed by atoms with E-state index in [1.54, 1.807) is 19.0 Å². The van der Waals surface area contributed by atoms with E-state index in [0.717, 1.165) is 0 Å². The molecule has 0 fully saturated rings. The number of halogens is 1. The summed E-state index contributed by atoms with van der Waals surface area (Å²) >= 11 is 5.84. The Morgan fingerprint density at radius 1 is 1.50 bits per heavy atom. The maximum atomic E-state index is 10.5. The lowest BCUT2D eigenvalue weighted by Crippen LogP contribution is -2.10. The summed E-state index contributed by atoms with van der Waals surface area (Å²) in [6.45, 7) is 0. The molecule has 0 atom stereocenters. The van der Waals surface area contributed by atoms with Gasteiger partial charge in [0.25, 0.3) is 5.69 Å². The number of nitrogens with zero attached hydrogens (tertiary/aromatic N) is 2. The van der Waals surface area contributed by atoms with Crippen LogP contribution in [-0.2, 0) is 0 Å². The molecule has 0 unspecified atom stereocenters. The van der Waals surface area contributed by atoms with Crippen molar-refractivity contribution in [1.82, 2.24) is 0 Å². The zero-order valence-electron chi connectivity index (χ0n) is 7.82. The van der Waals surface area contributed by atoms with Gasteiger partial charge in [-0.3, -0.25) is 10.1 Å². The number of nitrogen functional groups attached to an aromatic ring is 1. The monoisotopic (exact) mass is 215 g/mol. The molecule has 0 spiro atoms. The van der Waals surface area contributed by atoms with E-state index in [0.29, 0.717) is 10.7 Å². The van der Waals surface area contributed by atoms with Gasteiger partial charge in [-0.05, 0) is 6.07 Å². The number of anilines is 2. The van der Waals surface area contributed by atoms with Crippen molar-refractivity contribution in [3.8, 4) is 0 Å². The summed E-state index contributed by atoms with van der Waals surface area (Å²) in [5.74, 6) is 0. The Balaban J connectivity index is 3.31. The molecule has 76 valence electrons. The van der Waals surface area contributed by atoms with Crippen molar-refractivity contribution in [2.24, 2.45) is 0 Å². The van der Waals surface area contributed by atoms with Crippen molar-refractivity contribution < 1.29 is 4.92 Å². The van der Waals surface area contributed by atoms with Gasteiger partial charge in [-0.2, -0.15) is 0 Å². The molecule has 5 nitrogen and oxygen atoms in total. The first kappa shape index (κ1) is 10.6. The summed E-state index contributed by atoms with van der Waals surface area (Å²) in [5.41, 5.74) is 6.11. The van der Waals surface area contributed by atoms with Gasteiger partial charge in [-0.25, -0.2) is 0 Å². The Kier molecular flexibility index (Phi) is 2.81. The van der Waals surface area contributed by atoms with Gasteiger partial charge in [0.1, 0.15) is 5.69 Å². The summed E-state index contributed by atoms with van der Waals surface area (Å²) in [5, 5.41) is 10.8. The van der Waals surface area contributed by atoms with E-state index in [9.17, 15) is 10.1 Å². The molecule has 0 aliphatic carbocycles. The van der Waals surface area contributed by atoms with E-state index in [4.69, 9.17) is 17.3 Å². The molecule has 0 saturated carbocycles. The first-order valence-corrected chi connectivity index (χ1v) is 4.22. The van der Waals surface area contributed by atoms with E-state index < -0.39 is 4.92 Å². The predicted octanol–water partition coefficient (Wildman–Crippen LogP) is 1.90. The standard InChI is InChI=1S/C8H10ClN3O2/c1-11(2)7-4-6(10)8(12(13)14)3-5(7)9/h3-4H,10H2,1-2H3. The van der Waals surface area contributed by atoms with E-state index in [2.05, 4.69) is 0 Å². The van der Waals surface area contributed by atoms with Crippen LogP contribution in [0.15, 0.2) is 12.1 Å². The minimum absolute atomic E-state index is 0.114. The van der Waals surface area contributed by atoms with Crippen LogP contribution in [-0.4, -0.2) is 19.0 Å². The van der Waals surface area contributed by atoms with Crippen molar-refractivity contribution in [2.75, 3.05) is 24.7 Å². The molecule has 1 rings (SSSR count).